The normalized spacial score (nSPS) is 10.5. The summed E-state index contributed by atoms with van der Waals surface area (Å²) in [7, 11) is 0. The number of aromatic nitrogens is 1. The number of hydrogen-bond donors (Lipinski definition) is 0. The zero-order valence-corrected chi connectivity index (χ0v) is 10.5. The predicted molar refractivity (Wildman–Crippen MR) is 67.8 cm³/mol. The zero-order chi connectivity index (χ0) is 12.3. The lowest BCUT2D eigenvalue weighted by molar-refractivity contribution is 0.103. The van der Waals surface area contributed by atoms with Gasteiger partial charge in [0, 0.05) is 6.20 Å². The smallest absolute Gasteiger partial charge is 0.208 e. The van der Waals surface area contributed by atoms with E-state index in [1.54, 1.807) is 17.8 Å². The summed E-state index contributed by atoms with van der Waals surface area (Å²) in [6.07, 6.45) is 1.63. The molecule has 0 saturated heterocycles. The summed E-state index contributed by atoms with van der Waals surface area (Å²) in [5.41, 5.74) is 2.24. The van der Waals surface area contributed by atoms with E-state index in [1.807, 2.05) is 32.0 Å². The molecule has 0 amide bonds. The van der Waals surface area contributed by atoms with Crippen LogP contribution >= 0.6 is 11.3 Å². The number of ketones is 1. The Morgan fingerprint density at radius 2 is 2.12 bits per heavy atom. The van der Waals surface area contributed by atoms with Crippen LogP contribution in [0.1, 0.15) is 29.1 Å². The Balaban J connectivity index is 2.35. The Labute approximate surface area is 104 Å². The maximum absolute atomic E-state index is 12.2. The van der Waals surface area contributed by atoms with Crippen LogP contribution in [0.15, 0.2) is 36.0 Å². The highest BCUT2D eigenvalue weighted by atomic mass is 32.1. The quantitative estimate of drug-likeness (QED) is 0.779. The largest absolute Gasteiger partial charge is 0.490 e. The highest BCUT2D eigenvalue weighted by Gasteiger charge is 2.16. The number of para-hydroxylation sites is 1. The molecule has 1 aromatic carbocycles. The van der Waals surface area contributed by atoms with Gasteiger partial charge < -0.3 is 4.74 Å². The second kappa shape index (κ2) is 5.10. The van der Waals surface area contributed by atoms with Gasteiger partial charge in [-0.3, -0.25) is 9.78 Å². The van der Waals surface area contributed by atoms with E-state index in [0.717, 1.165) is 0 Å². The van der Waals surface area contributed by atoms with Crippen molar-refractivity contribution in [2.75, 3.05) is 0 Å². The van der Waals surface area contributed by atoms with Crippen molar-refractivity contribution in [2.45, 2.75) is 20.0 Å². The van der Waals surface area contributed by atoms with Gasteiger partial charge in [-0.2, -0.15) is 0 Å². The van der Waals surface area contributed by atoms with Crippen molar-refractivity contribution in [1.29, 1.82) is 0 Å². The number of carbonyl (C=O) groups is 1. The van der Waals surface area contributed by atoms with Gasteiger partial charge in [0.25, 0.3) is 0 Å². The Bertz CT molecular complexity index is 506. The van der Waals surface area contributed by atoms with Gasteiger partial charge in [0.1, 0.15) is 5.75 Å². The summed E-state index contributed by atoms with van der Waals surface area (Å²) in [4.78, 5) is 16.7. The van der Waals surface area contributed by atoms with E-state index in [9.17, 15) is 4.79 Å². The molecule has 88 valence electrons. The predicted octanol–water partition coefficient (Wildman–Crippen LogP) is 3.16. The van der Waals surface area contributed by atoms with Crippen molar-refractivity contribution < 1.29 is 9.53 Å². The minimum absolute atomic E-state index is 0.0382. The van der Waals surface area contributed by atoms with E-state index < -0.39 is 0 Å². The number of hydrogen-bond acceptors (Lipinski definition) is 4. The monoisotopic (exact) mass is 247 g/mol. The fraction of sp³-hybridized carbons (Fsp3) is 0.231. The minimum Gasteiger partial charge on any atom is -0.490 e. The number of benzene rings is 1. The fourth-order valence-electron chi connectivity index (χ4n) is 1.47. The Morgan fingerprint density at radius 3 is 2.76 bits per heavy atom. The number of rotatable bonds is 4. The topological polar surface area (TPSA) is 39.2 Å². The van der Waals surface area contributed by atoms with Gasteiger partial charge in [0.2, 0.25) is 5.78 Å². The molecular weight excluding hydrogens is 234 g/mol. The number of ether oxygens (including phenoxy) is 1. The summed E-state index contributed by atoms with van der Waals surface area (Å²) < 4.78 is 5.63. The van der Waals surface area contributed by atoms with Crippen molar-refractivity contribution >= 4 is 17.1 Å². The molecule has 1 aromatic heterocycles. The molecule has 0 aliphatic rings. The maximum atomic E-state index is 12.2. The minimum atomic E-state index is -0.0382. The summed E-state index contributed by atoms with van der Waals surface area (Å²) in [5.74, 6) is 0.588. The molecule has 0 N–H and O–H groups in total. The van der Waals surface area contributed by atoms with Crippen LogP contribution in [0.4, 0.5) is 0 Å². The third-order valence-corrected chi connectivity index (χ3v) is 2.92. The van der Waals surface area contributed by atoms with Crippen molar-refractivity contribution in [3.05, 3.63) is 46.4 Å². The lowest BCUT2D eigenvalue weighted by atomic mass is 10.1. The molecule has 2 rings (SSSR count). The molecule has 0 spiro atoms. The van der Waals surface area contributed by atoms with Gasteiger partial charge in [-0.05, 0) is 26.0 Å². The molecule has 1 heterocycles. The molecule has 4 heteroatoms. The van der Waals surface area contributed by atoms with Gasteiger partial charge in [-0.25, -0.2) is 0 Å². The third-order valence-electron chi connectivity index (χ3n) is 2.15. The Morgan fingerprint density at radius 1 is 1.35 bits per heavy atom. The average molecular weight is 247 g/mol. The number of nitrogens with zero attached hydrogens (tertiary/aromatic N) is 1. The maximum Gasteiger partial charge on any atom is 0.208 e. The molecule has 0 aliphatic carbocycles. The van der Waals surface area contributed by atoms with Crippen LogP contribution < -0.4 is 4.74 Å². The molecule has 2 aromatic rings. The lowest BCUT2D eigenvalue weighted by Crippen LogP contribution is -2.10. The Hall–Kier alpha value is -1.68. The SMILES string of the molecule is CC(C)Oc1ccccc1C(=O)c1cncs1. The summed E-state index contributed by atoms with van der Waals surface area (Å²) >= 11 is 1.34. The first kappa shape index (κ1) is 11.8. The van der Waals surface area contributed by atoms with Crippen LogP contribution in [0.3, 0.4) is 0 Å². The van der Waals surface area contributed by atoms with Crippen LogP contribution in [0.25, 0.3) is 0 Å². The van der Waals surface area contributed by atoms with E-state index in [1.165, 1.54) is 11.3 Å². The lowest BCUT2D eigenvalue weighted by Gasteiger charge is -2.12. The summed E-state index contributed by atoms with van der Waals surface area (Å²) in [5, 5.41) is 0. The van der Waals surface area contributed by atoms with Gasteiger partial charge in [-0.15, -0.1) is 11.3 Å². The van der Waals surface area contributed by atoms with E-state index in [4.69, 9.17) is 4.74 Å². The van der Waals surface area contributed by atoms with E-state index in [-0.39, 0.29) is 11.9 Å². The Kier molecular flexibility index (Phi) is 3.54. The summed E-state index contributed by atoms with van der Waals surface area (Å²) in [6, 6.07) is 7.29. The second-order valence-electron chi connectivity index (χ2n) is 3.86. The highest BCUT2D eigenvalue weighted by molar-refractivity contribution is 7.11. The van der Waals surface area contributed by atoms with Crippen LogP contribution in [0.2, 0.25) is 0 Å². The highest BCUT2D eigenvalue weighted by Crippen LogP contribution is 2.23. The molecule has 0 saturated carbocycles. The van der Waals surface area contributed by atoms with Gasteiger partial charge in [0.15, 0.2) is 0 Å². The molecule has 0 atom stereocenters. The number of carbonyl (C=O) groups excluding carboxylic acids is 1. The molecule has 0 bridgehead atoms. The van der Waals surface area contributed by atoms with E-state index in [2.05, 4.69) is 4.98 Å². The first-order valence-corrected chi connectivity index (χ1v) is 6.25. The summed E-state index contributed by atoms with van der Waals surface area (Å²) in [6.45, 7) is 3.88. The van der Waals surface area contributed by atoms with Gasteiger partial charge >= 0.3 is 0 Å². The van der Waals surface area contributed by atoms with Crippen molar-refractivity contribution in [3.8, 4) is 5.75 Å². The van der Waals surface area contributed by atoms with Crippen LogP contribution in [0.5, 0.6) is 5.75 Å². The van der Waals surface area contributed by atoms with Gasteiger partial charge in [0.05, 0.1) is 22.1 Å². The van der Waals surface area contributed by atoms with Crippen LogP contribution in [-0.2, 0) is 0 Å². The molecule has 3 nitrogen and oxygen atoms in total. The van der Waals surface area contributed by atoms with Gasteiger partial charge in [-0.1, -0.05) is 12.1 Å². The van der Waals surface area contributed by atoms with E-state index >= 15 is 0 Å². The van der Waals surface area contributed by atoms with Crippen molar-refractivity contribution in [1.82, 2.24) is 4.98 Å². The van der Waals surface area contributed by atoms with Crippen LogP contribution in [0, 0.1) is 0 Å². The van der Waals surface area contributed by atoms with Crippen LogP contribution in [-0.4, -0.2) is 16.9 Å². The molecule has 17 heavy (non-hydrogen) atoms. The molecular formula is C13H13NO2S. The zero-order valence-electron chi connectivity index (χ0n) is 9.71. The second-order valence-corrected chi connectivity index (χ2v) is 4.74. The van der Waals surface area contributed by atoms with Crippen molar-refractivity contribution in [2.24, 2.45) is 0 Å². The average Bonchev–Trinajstić information content (AvgIpc) is 2.81. The van der Waals surface area contributed by atoms with Crippen molar-refractivity contribution in [3.63, 3.8) is 0 Å². The first-order valence-electron chi connectivity index (χ1n) is 5.37. The fourth-order valence-corrected chi connectivity index (χ4v) is 2.05. The molecule has 0 radical (unpaired) electrons. The number of thiazole rings is 1. The third kappa shape index (κ3) is 2.71. The standard InChI is InChI=1S/C13H13NO2S/c1-9(2)16-11-6-4-3-5-10(11)13(15)12-7-14-8-17-12/h3-9H,1-2H3. The molecule has 0 fully saturated rings. The molecule has 0 aliphatic heterocycles. The molecule has 0 unspecified atom stereocenters. The van der Waals surface area contributed by atoms with E-state index in [0.29, 0.717) is 16.2 Å². The first-order chi connectivity index (χ1) is 8.18.